The molecule has 0 bridgehead atoms. The molecule has 1 aromatic rings. The summed E-state index contributed by atoms with van der Waals surface area (Å²) in [6.07, 6.45) is 7.61. The van der Waals surface area contributed by atoms with Gasteiger partial charge >= 0.3 is 0 Å². The van der Waals surface area contributed by atoms with E-state index in [1.54, 1.807) is 12.4 Å². The molecular weight excluding hydrogens is 302 g/mol. The Hall–Kier alpha value is -1.47. The minimum absolute atomic E-state index is 0.00768. The van der Waals surface area contributed by atoms with Crippen molar-refractivity contribution in [2.24, 2.45) is 5.92 Å². The van der Waals surface area contributed by atoms with Gasteiger partial charge in [-0.15, -0.1) is 0 Å². The van der Waals surface area contributed by atoms with E-state index < -0.39 is 10.0 Å². The SMILES string of the molecule is CS(=O)(=O)N1CCCC(CNC(=O)CCc2ccncc2)C1. The summed E-state index contributed by atoms with van der Waals surface area (Å²) in [5.41, 5.74) is 1.09. The first-order chi connectivity index (χ1) is 10.4. The third-order valence-electron chi connectivity index (χ3n) is 3.93. The second kappa shape index (κ2) is 7.69. The number of piperidine rings is 1. The summed E-state index contributed by atoms with van der Waals surface area (Å²) in [5.74, 6) is 0.210. The van der Waals surface area contributed by atoms with E-state index in [0.717, 1.165) is 18.4 Å². The van der Waals surface area contributed by atoms with Gasteiger partial charge in [-0.3, -0.25) is 9.78 Å². The van der Waals surface area contributed by atoms with Crippen LogP contribution < -0.4 is 5.32 Å². The lowest BCUT2D eigenvalue weighted by atomic mass is 9.99. The van der Waals surface area contributed by atoms with Crippen LogP contribution in [0.4, 0.5) is 0 Å². The Balaban J connectivity index is 1.72. The largest absolute Gasteiger partial charge is 0.356 e. The predicted molar refractivity (Wildman–Crippen MR) is 84.7 cm³/mol. The molecule has 1 aliphatic heterocycles. The lowest BCUT2D eigenvalue weighted by Crippen LogP contribution is -2.43. The van der Waals surface area contributed by atoms with Gasteiger partial charge in [0.2, 0.25) is 15.9 Å². The molecule has 1 atom stereocenters. The van der Waals surface area contributed by atoms with E-state index in [1.165, 1.54) is 10.6 Å². The standard InChI is InChI=1S/C15H23N3O3S/c1-22(20,21)18-10-2-3-14(12-18)11-17-15(19)5-4-13-6-8-16-9-7-13/h6-9,14H,2-5,10-12H2,1H3,(H,17,19). The number of carbonyl (C=O) groups is 1. The van der Waals surface area contributed by atoms with Gasteiger partial charge in [-0.05, 0) is 42.9 Å². The highest BCUT2D eigenvalue weighted by Crippen LogP contribution is 2.17. The fraction of sp³-hybridized carbons (Fsp3) is 0.600. The van der Waals surface area contributed by atoms with Crippen molar-refractivity contribution in [2.45, 2.75) is 25.7 Å². The number of aryl methyl sites for hydroxylation is 1. The van der Waals surface area contributed by atoms with Gasteiger partial charge in [0.15, 0.2) is 0 Å². The number of rotatable bonds is 6. The molecule has 1 N–H and O–H groups in total. The normalized spacial score (nSPS) is 19.8. The molecule has 1 aromatic heterocycles. The summed E-state index contributed by atoms with van der Waals surface area (Å²) in [5, 5.41) is 2.92. The minimum atomic E-state index is -3.13. The van der Waals surface area contributed by atoms with Gasteiger partial charge in [-0.25, -0.2) is 12.7 Å². The van der Waals surface area contributed by atoms with E-state index in [-0.39, 0.29) is 11.8 Å². The van der Waals surface area contributed by atoms with E-state index in [2.05, 4.69) is 10.3 Å². The maximum atomic E-state index is 11.9. The average Bonchev–Trinajstić information content (AvgIpc) is 2.51. The Bertz CT molecular complexity index is 589. The van der Waals surface area contributed by atoms with Crippen molar-refractivity contribution in [3.05, 3.63) is 30.1 Å². The highest BCUT2D eigenvalue weighted by molar-refractivity contribution is 7.88. The van der Waals surface area contributed by atoms with Crippen molar-refractivity contribution in [3.63, 3.8) is 0 Å². The van der Waals surface area contributed by atoms with E-state index in [4.69, 9.17) is 0 Å². The molecule has 1 saturated heterocycles. The van der Waals surface area contributed by atoms with Gasteiger partial charge in [-0.1, -0.05) is 0 Å². The summed E-state index contributed by atoms with van der Waals surface area (Å²) in [6, 6.07) is 3.80. The molecule has 1 unspecified atom stereocenters. The fourth-order valence-electron chi connectivity index (χ4n) is 2.65. The lowest BCUT2D eigenvalue weighted by molar-refractivity contribution is -0.121. The quantitative estimate of drug-likeness (QED) is 0.839. The van der Waals surface area contributed by atoms with Crippen LogP contribution in [0.25, 0.3) is 0 Å². The molecule has 1 aliphatic rings. The molecule has 2 heterocycles. The van der Waals surface area contributed by atoms with Crippen molar-refractivity contribution in [2.75, 3.05) is 25.9 Å². The Labute approximate surface area is 132 Å². The van der Waals surface area contributed by atoms with Crippen molar-refractivity contribution in [1.82, 2.24) is 14.6 Å². The zero-order valence-electron chi connectivity index (χ0n) is 12.9. The number of carbonyl (C=O) groups excluding carboxylic acids is 1. The van der Waals surface area contributed by atoms with Crippen LogP contribution in [-0.2, 0) is 21.2 Å². The minimum Gasteiger partial charge on any atom is -0.356 e. The number of amides is 1. The van der Waals surface area contributed by atoms with Crippen molar-refractivity contribution < 1.29 is 13.2 Å². The second-order valence-corrected chi connectivity index (χ2v) is 7.77. The molecule has 1 fully saturated rings. The number of hydrogen-bond donors (Lipinski definition) is 1. The molecule has 1 amide bonds. The number of aromatic nitrogens is 1. The summed E-state index contributed by atoms with van der Waals surface area (Å²) >= 11 is 0. The Morgan fingerprint density at radius 2 is 2.14 bits per heavy atom. The van der Waals surface area contributed by atoms with Gasteiger partial charge in [0.1, 0.15) is 0 Å². The third-order valence-corrected chi connectivity index (χ3v) is 5.20. The van der Waals surface area contributed by atoms with E-state index in [9.17, 15) is 13.2 Å². The van der Waals surface area contributed by atoms with E-state index >= 15 is 0 Å². The third kappa shape index (κ3) is 5.38. The lowest BCUT2D eigenvalue weighted by Gasteiger charge is -2.30. The molecule has 7 heteroatoms. The van der Waals surface area contributed by atoms with Crippen LogP contribution in [0.15, 0.2) is 24.5 Å². The van der Waals surface area contributed by atoms with Gasteiger partial charge < -0.3 is 5.32 Å². The fourth-order valence-corrected chi connectivity index (χ4v) is 3.59. The molecule has 122 valence electrons. The van der Waals surface area contributed by atoms with Crippen LogP contribution in [0.2, 0.25) is 0 Å². The molecule has 6 nitrogen and oxygen atoms in total. The Morgan fingerprint density at radius 1 is 1.41 bits per heavy atom. The van der Waals surface area contributed by atoms with Crippen molar-refractivity contribution >= 4 is 15.9 Å². The first-order valence-electron chi connectivity index (χ1n) is 7.56. The Kier molecular flexibility index (Phi) is 5.90. The van der Waals surface area contributed by atoms with Gasteiger partial charge in [0, 0.05) is 38.4 Å². The molecule has 0 spiro atoms. The molecule has 0 aliphatic carbocycles. The predicted octanol–water partition coefficient (Wildman–Crippen LogP) is 0.802. The highest BCUT2D eigenvalue weighted by atomic mass is 32.2. The highest BCUT2D eigenvalue weighted by Gasteiger charge is 2.25. The molecule has 0 radical (unpaired) electrons. The van der Waals surface area contributed by atoms with Crippen LogP contribution in [-0.4, -0.2) is 49.5 Å². The van der Waals surface area contributed by atoms with Crippen molar-refractivity contribution in [1.29, 1.82) is 0 Å². The smallest absolute Gasteiger partial charge is 0.220 e. The zero-order chi connectivity index (χ0) is 16.0. The summed E-state index contributed by atoms with van der Waals surface area (Å²) in [7, 11) is -3.13. The van der Waals surface area contributed by atoms with Crippen LogP contribution in [0.5, 0.6) is 0 Å². The molecule has 2 rings (SSSR count). The van der Waals surface area contributed by atoms with Crippen LogP contribution in [0.3, 0.4) is 0 Å². The first-order valence-corrected chi connectivity index (χ1v) is 9.40. The van der Waals surface area contributed by atoms with Crippen LogP contribution >= 0.6 is 0 Å². The number of pyridine rings is 1. The monoisotopic (exact) mass is 325 g/mol. The van der Waals surface area contributed by atoms with Crippen LogP contribution in [0, 0.1) is 5.92 Å². The maximum Gasteiger partial charge on any atom is 0.220 e. The Morgan fingerprint density at radius 3 is 2.82 bits per heavy atom. The molecule has 0 aromatic carbocycles. The van der Waals surface area contributed by atoms with Gasteiger partial charge in [-0.2, -0.15) is 0 Å². The average molecular weight is 325 g/mol. The second-order valence-electron chi connectivity index (χ2n) is 5.79. The summed E-state index contributed by atoms with van der Waals surface area (Å²) < 4.78 is 24.6. The summed E-state index contributed by atoms with van der Waals surface area (Å²) in [4.78, 5) is 15.8. The van der Waals surface area contributed by atoms with Gasteiger partial charge in [0.25, 0.3) is 0 Å². The van der Waals surface area contributed by atoms with Crippen molar-refractivity contribution in [3.8, 4) is 0 Å². The molecule has 0 saturated carbocycles. The summed E-state index contributed by atoms with van der Waals surface area (Å²) in [6.45, 7) is 1.63. The zero-order valence-corrected chi connectivity index (χ0v) is 13.7. The first kappa shape index (κ1) is 16.9. The van der Waals surface area contributed by atoms with Crippen LogP contribution in [0.1, 0.15) is 24.8 Å². The molecular formula is C15H23N3O3S. The topological polar surface area (TPSA) is 79.4 Å². The number of sulfonamides is 1. The van der Waals surface area contributed by atoms with Gasteiger partial charge in [0.05, 0.1) is 6.26 Å². The number of nitrogens with zero attached hydrogens (tertiary/aromatic N) is 2. The molecule has 22 heavy (non-hydrogen) atoms. The van der Waals surface area contributed by atoms with E-state index in [0.29, 0.717) is 32.5 Å². The number of nitrogens with one attached hydrogen (secondary N) is 1. The maximum absolute atomic E-state index is 11.9. The van der Waals surface area contributed by atoms with E-state index in [1.807, 2.05) is 12.1 Å². The number of hydrogen-bond acceptors (Lipinski definition) is 4.